The molecule has 2 rings (SSSR count). The van der Waals surface area contributed by atoms with E-state index in [-0.39, 0.29) is 5.12 Å². The number of hydrogen-bond acceptors (Lipinski definition) is 4. The fourth-order valence-corrected chi connectivity index (χ4v) is 2.86. The normalized spacial score (nSPS) is 22.6. The first kappa shape index (κ1) is 12.3. The van der Waals surface area contributed by atoms with Crippen LogP contribution in [0.15, 0.2) is 30.1 Å². The molecule has 0 aliphatic carbocycles. The van der Waals surface area contributed by atoms with Crippen molar-refractivity contribution in [3.63, 3.8) is 0 Å². The predicted octanol–water partition coefficient (Wildman–Crippen LogP) is 2.11. The van der Waals surface area contributed by atoms with Crippen LogP contribution in [0.25, 0.3) is 6.08 Å². The lowest BCUT2D eigenvalue weighted by Crippen LogP contribution is -2.32. The molecule has 1 saturated heterocycles. The highest BCUT2D eigenvalue weighted by atomic mass is 32.2. The molecule has 1 aromatic heterocycles. The third-order valence-electron chi connectivity index (χ3n) is 2.69. The molecule has 0 saturated carbocycles. The van der Waals surface area contributed by atoms with Crippen LogP contribution < -0.4 is 5.32 Å². The number of thioether (sulfide) groups is 1. The van der Waals surface area contributed by atoms with Crippen molar-refractivity contribution < 1.29 is 4.79 Å². The van der Waals surface area contributed by atoms with Gasteiger partial charge in [-0.05, 0) is 36.2 Å². The summed E-state index contributed by atoms with van der Waals surface area (Å²) in [5.41, 5.74) is 2.44. The van der Waals surface area contributed by atoms with Gasteiger partial charge in [0, 0.05) is 31.1 Å². The van der Waals surface area contributed by atoms with Crippen LogP contribution in [-0.2, 0) is 4.79 Å². The Balaban J connectivity index is 2.16. The third-order valence-corrected chi connectivity index (χ3v) is 3.85. The SMILES string of the molecule is CC(=O)SC1CCNC/C1=C\c1ccncc1. The lowest BCUT2D eigenvalue weighted by molar-refractivity contribution is -0.109. The van der Waals surface area contributed by atoms with E-state index in [0.717, 1.165) is 25.1 Å². The summed E-state index contributed by atoms with van der Waals surface area (Å²) in [6, 6.07) is 3.97. The molecule has 1 aliphatic heterocycles. The molecule has 1 aliphatic rings. The maximum Gasteiger partial charge on any atom is 0.186 e. The van der Waals surface area contributed by atoms with Crippen LogP contribution in [0.4, 0.5) is 0 Å². The molecule has 90 valence electrons. The van der Waals surface area contributed by atoms with Crippen LogP contribution in [0.3, 0.4) is 0 Å². The minimum absolute atomic E-state index is 0.192. The van der Waals surface area contributed by atoms with E-state index < -0.39 is 0 Å². The summed E-state index contributed by atoms with van der Waals surface area (Å²) in [5.74, 6) is 0. The van der Waals surface area contributed by atoms with Gasteiger partial charge in [-0.15, -0.1) is 0 Å². The second-order valence-electron chi connectivity index (χ2n) is 4.06. The molecular weight excluding hydrogens is 232 g/mol. The Kier molecular flexibility index (Phi) is 4.34. The van der Waals surface area contributed by atoms with Crippen LogP contribution in [0.1, 0.15) is 18.9 Å². The van der Waals surface area contributed by atoms with Crippen molar-refractivity contribution in [2.45, 2.75) is 18.6 Å². The molecule has 3 nitrogen and oxygen atoms in total. The van der Waals surface area contributed by atoms with Crippen LogP contribution >= 0.6 is 11.8 Å². The minimum Gasteiger partial charge on any atom is -0.313 e. The van der Waals surface area contributed by atoms with Crippen molar-refractivity contribution in [2.24, 2.45) is 0 Å². The second kappa shape index (κ2) is 5.98. The number of aromatic nitrogens is 1. The number of pyridine rings is 1. The van der Waals surface area contributed by atoms with Crippen molar-refractivity contribution in [2.75, 3.05) is 13.1 Å². The van der Waals surface area contributed by atoms with Crippen LogP contribution in [0.5, 0.6) is 0 Å². The van der Waals surface area contributed by atoms with Gasteiger partial charge in [0.15, 0.2) is 5.12 Å². The summed E-state index contributed by atoms with van der Waals surface area (Å²) >= 11 is 1.44. The molecule has 0 radical (unpaired) electrons. The van der Waals surface area contributed by atoms with Gasteiger partial charge in [-0.3, -0.25) is 9.78 Å². The topological polar surface area (TPSA) is 42.0 Å². The van der Waals surface area contributed by atoms with Gasteiger partial charge >= 0.3 is 0 Å². The van der Waals surface area contributed by atoms with E-state index >= 15 is 0 Å². The van der Waals surface area contributed by atoms with Gasteiger partial charge in [-0.1, -0.05) is 17.8 Å². The first-order valence-electron chi connectivity index (χ1n) is 5.74. The maximum absolute atomic E-state index is 11.2. The fraction of sp³-hybridized carbons (Fsp3) is 0.385. The Labute approximate surface area is 106 Å². The molecule has 0 spiro atoms. The van der Waals surface area contributed by atoms with E-state index in [2.05, 4.69) is 16.4 Å². The van der Waals surface area contributed by atoms with Gasteiger partial charge in [0.05, 0.1) is 0 Å². The quantitative estimate of drug-likeness (QED) is 0.870. The Bertz CT molecular complexity index is 417. The van der Waals surface area contributed by atoms with Crippen LogP contribution in [0, 0.1) is 0 Å². The minimum atomic E-state index is 0.192. The van der Waals surface area contributed by atoms with E-state index in [4.69, 9.17) is 0 Å². The van der Waals surface area contributed by atoms with Crippen molar-refractivity contribution in [3.8, 4) is 0 Å². The molecule has 4 heteroatoms. The average Bonchev–Trinajstić information content (AvgIpc) is 2.32. The number of nitrogens with zero attached hydrogens (tertiary/aromatic N) is 1. The average molecular weight is 248 g/mol. The van der Waals surface area contributed by atoms with Crippen LogP contribution in [-0.4, -0.2) is 28.4 Å². The number of carbonyl (C=O) groups is 1. The van der Waals surface area contributed by atoms with E-state index in [1.54, 1.807) is 19.3 Å². The van der Waals surface area contributed by atoms with Crippen molar-refractivity contribution in [1.82, 2.24) is 10.3 Å². The van der Waals surface area contributed by atoms with E-state index in [1.165, 1.54) is 17.3 Å². The number of hydrogen-bond donors (Lipinski definition) is 1. The van der Waals surface area contributed by atoms with Gasteiger partial charge in [0.25, 0.3) is 0 Å². The Hall–Kier alpha value is -1.13. The maximum atomic E-state index is 11.2. The molecule has 0 aromatic carbocycles. The molecule has 2 heterocycles. The lowest BCUT2D eigenvalue weighted by atomic mass is 10.0. The summed E-state index contributed by atoms with van der Waals surface area (Å²) in [4.78, 5) is 15.2. The molecule has 1 unspecified atom stereocenters. The summed E-state index contributed by atoms with van der Waals surface area (Å²) < 4.78 is 0. The first-order valence-corrected chi connectivity index (χ1v) is 6.62. The molecule has 1 fully saturated rings. The standard InChI is InChI=1S/C13H16N2OS/c1-10(16)17-13-4-7-15-9-12(13)8-11-2-5-14-6-3-11/h2-3,5-6,8,13,15H,4,7,9H2,1H3/b12-8+. The zero-order chi connectivity index (χ0) is 12.1. The zero-order valence-corrected chi connectivity index (χ0v) is 10.7. The number of rotatable bonds is 2. The summed E-state index contributed by atoms with van der Waals surface area (Å²) in [6.45, 7) is 3.49. The fourth-order valence-electron chi connectivity index (χ4n) is 1.92. The molecule has 1 atom stereocenters. The number of piperidine rings is 1. The van der Waals surface area contributed by atoms with Crippen molar-refractivity contribution in [1.29, 1.82) is 0 Å². The van der Waals surface area contributed by atoms with Crippen molar-refractivity contribution in [3.05, 3.63) is 35.7 Å². The molecular formula is C13H16N2OS. The van der Waals surface area contributed by atoms with Gasteiger partial charge in [-0.25, -0.2) is 0 Å². The molecule has 0 bridgehead atoms. The van der Waals surface area contributed by atoms with E-state index in [9.17, 15) is 4.79 Å². The van der Waals surface area contributed by atoms with E-state index in [0.29, 0.717) is 5.25 Å². The highest BCUT2D eigenvalue weighted by Crippen LogP contribution is 2.26. The predicted molar refractivity (Wildman–Crippen MR) is 71.8 cm³/mol. The molecule has 1 aromatic rings. The smallest absolute Gasteiger partial charge is 0.186 e. The summed E-state index contributed by atoms with van der Waals surface area (Å²) in [7, 11) is 0. The van der Waals surface area contributed by atoms with Gasteiger partial charge in [0.2, 0.25) is 0 Å². The Morgan fingerprint density at radius 1 is 1.53 bits per heavy atom. The largest absolute Gasteiger partial charge is 0.313 e. The summed E-state index contributed by atoms with van der Waals surface area (Å²) in [5, 5.41) is 3.86. The third kappa shape index (κ3) is 3.68. The van der Waals surface area contributed by atoms with E-state index in [1.807, 2.05) is 12.1 Å². The van der Waals surface area contributed by atoms with Crippen molar-refractivity contribution >= 4 is 23.0 Å². The van der Waals surface area contributed by atoms with Gasteiger partial charge in [-0.2, -0.15) is 0 Å². The lowest BCUT2D eigenvalue weighted by Gasteiger charge is -2.25. The molecule has 17 heavy (non-hydrogen) atoms. The molecule has 0 amide bonds. The zero-order valence-electron chi connectivity index (χ0n) is 9.85. The first-order chi connectivity index (χ1) is 8.25. The van der Waals surface area contributed by atoms with Gasteiger partial charge < -0.3 is 5.32 Å². The number of nitrogens with one attached hydrogen (secondary N) is 1. The van der Waals surface area contributed by atoms with Gasteiger partial charge in [0.1, 0.15) is 0 Å². The number of carbonyl (C=O) groups excluding carboxylic acids is 1. The second-order valence-corrected chi connectivity index (χ2v) is 5.44. The monoisotopic (exact) mass is 248 g/mol. The highest BCUT2D eigenvalue weighted by Gasteiger charge is 2.20. The Morgan fingerprint density at radius 2 is 2.29 bits per heavy atom. The molecule has 1 N–H and O–H groups in total. The highest BCUT2D eigenvalue weighted by molar-refractivity contribution is 8.14. The Morgan fingerprint density at radius 3 is 3.00 bits per heavy atom. The summed E-state index contributed by atoms with van der Waals surface area (Å²) in [6.07, 6.45) is 6.75. The van der Waals surface area contributed by atoms with Crippen LogP contribution in [0.2, 0.25) is 0 Å².